The van der Waals surface area contributed by atoms with Gasteiger partial charge in [0.25, 0.3) is 0 Å². The van der Waals surface area contributed by atoms with Crippen LogP contribution in [0.1, 0.15) is 18.4 Å². The van der Waals surface area contributed by atoms with Crippen molar-refractivity contribution in [1.29, 1.82) is 0 Å². The number of thiocarbonyl (C=S) groups is 1. The van der Waals surface area contributed by atoms with E-state index in [0.717, 1.165) is 25.0 Å². The molecule has 1 aromatic carbocycles. The number of anilines is 1. The van der Waals surface area contributed by atoms with Gasteiger partial charge in [-0.1, -0.05) is 12.2 Å². The van der Waals surface area contributed by atoms with Gasteiger partial charge < -0.3 is 15.8 Å². The topological polar surface area (TPSA) is 47.3 Å². The molecular weight excluding hydrogens is 258 g/mol. The molecule has 1 atom stereocenters. The molecule has 0 radical (unpaired) electrons. The van der Waals surface area contributed by atoms with Crippen molar-refractivity contribution in [2.45, 2.75) is 18.9 Å². The van der Waals surface area contributed by atoms with Gasteiger partial charge in [0.05, 0.1) is 6.10 Å². The molecule has 0 amide bonds. The Balaban J connectivity index is 2.10. The molecule has 1 aromatic rings. The number of rotatable bonds is 4. The zero-order valence-electron chi connectivity index (χ0n) is 9.71. The fourth-order valence-electron chi connectivity index (χ4n) is 1.91. The first kappa shape index (κ1) is 13.2. The van der Waals surface area contributed by atoms with Gasteiger partial charge in [-0.3, -0.25) is 0 Å². The summed E-state index contributed by atoms with van der Waals surface area (Å²) in [7, 11) is 0. The lowest BCUT2D eigenvalue weighted by Crippen LogP contribution is -2.20. The van der Waals surface area contributed by atoms with Crippen molar-refractivity contribution in [3.05, 3.63) is 29.3 Å². The average Bonchev–Trinajstić information content (AvgIpc) is 2.80. The van der Waals surface area contributed by atoms with E-state index >= 15 is 0 Å². The Bertz CT molecular complexity index is 438. The van der Waals surface area contributed by atoms with Crippen molar-refractivity contribution < 1.29 is 13.5 Å². The summed E-state index contributed by atoms with van der Waals surface area (Å²) in [5, 5.41) is 2.73. The van der Waals surface area contributed by atoms with Crippen molar-refractivity contribution in [2.75, 3.05) is 18.5 Å². The van der Waals surface area contributed by atoms with E-state index in [4.69, 9.17) is 10.5 Å². The summed E-state index contributed by atoms with van der Waals surface area (Å²) in [5.41, 5.74) is 5.35. The smallest absolute Gasteiger partial charge is 0.150 e. The maximum absolute atomic E-state index is 13.7. The molecule has 0 bridgehead atoms. The van der Waals surface area contributed by atoms with Crippen molar-refractivity contribution in [3.63, 3.8) is 0 Å². The van der Waals surface area contributed by atoms with Gasteiger partial charge in [0.15, 0.2) is 0 Å². The molecule has 1 aliphatic heterocycles. The summed E-state index contributed by atoms with van der Waals surface area (Å²) in [6.07, 6.45) is 1.90. The van der Waals surface area contributed by atoms with E-state index in [0.29, 0.717) is 13.2 Å². The van der Waals surface area contributed by atoms with E-state index in [2.05, 4.69) is 17.5 Å². The van der Waals surface area contributed by atoms with Gasteiger partial charge >= 0.3 is 0 Å². The average molecular weight is 272 g/mol. The van der Waals surface area contributed by atoms with Crippen molar-refractivity contribution in [3.8, 4) is 0 Å². The maximum Gasteiger partial charge on any atom is 0.150 e. The van der Waals surface area contributed by atoms with Crippen LogP contribution in [0, 0.1) is 11.6 Å². The predicted octanol–water partition coefficient (Wildman–Crippen LogP) is 2.19. The molecule has 0 aromatic heterocycles. The number of halogens is 2. The monoisotopic (exact) mass is 272 g/mol. The Morgan fingerprint density at radius 3 is 2.61 bits per heavy atom. The van der Waals surface area contributed by atoms with Crippen LogP contribution in [0.5, 0.6) is 0 Å². The standard InChI is InChI=1S/C12H14F2N2OS/c13-9-4-7(12(15)18)5-10(14)11(9)16-6-8-2-1-3-17-8/h4-5,8,16H,1-3,6H2,(H2,15,18). The summed E-state index contributed by atoms with van der Waals surface area (Å²) >= 11 is 4.68. The molecule has 0 aliphatic carbocycles. The fraction of sp³-hybridized carbons (Fsp3) is 0.417. The quantitative estimate of drug-likeness (QED) is 0.825. The third kappa shape index (κ3) is 2.94. The summed E-state index contributed by atoms with van der Waals surface area (Å²) in [5.74, 6) is -1.40. The van der Waals surface area contributed by atoms with E-state index in [1.165, 1.54) is 0 Å². The van der Waals surface area contributed by atoms with E-state index in [-0.39, 0.29) is 22.3 Å². The number of hydrogen-bond donors (Lipinski definition) is 2. The van der Waals surface area contributed by atoms with Crippen LogP contribution < -0.4 is 11.1 Å². The number of benzene rings is 1. The Kier molecular flexibility index (Phi) is 4.08. The van der Waals surface area contributed by atoms with Gasteiger partial charge in [0.2, 0.25) is 0 Å². The molecule has 3 nitrogen and oxygen atoms in total. The van der Waals surface area contributed by atoms with E-state index in [1.54, 1.807) is 0 Å². The van der Waals surface area contributed by atoms with Crippen LogP contribution in [0.3, 0.4) is 0 Å². The molecule has 1 unspecified atom stereocenters. The molecule has 1 aliphatic rings. The number of ether oxygens (including phenoxy) is 1. The molecule has 3 N–H and O–H groups in total. The second-order valence-electron chi connectivity index (χ2n) is 4.20. The first-order chi connectivity index (χ1) is 8.58. The minimum atomic E-state index is -0.698. The molecule has 18 heavy (non-hydrogen) atoms. The van der Waals surface area contributed by atoms with Gasteiger partial charge in [-0.05, 0) is 25.0 Å². The predicted molar refractivity (Wildman–Crippen MR) is 69.7 cm³/mol. The van der Waals surface area contributed by atoms with Gasteiger partial charge in [-0.25, -0.2) is 8.78 Å². The molecule has 0 spiro atoms. The lowest BCUT2D eigenvalue weighted by atomic mass is 10.1. The summed E-state index contributed by atoms with van der Waals surface area (Å²) in [6, 6.07) is 2.26. The van der Waals surface area contributed by atoms with Crippen molar-refractivity contribution in [1.82, 2.24) is 0 Å². The minimum Gasteiger partial charge on any atom is -0.389 e. The zero-order valence-corrected chi connectivity index (χ0v) is 10.5. The second-order valence-corrected chi connectivity index (χ2v) is 4.63. The molecule has 2 rings (SSSR count). The van der Waals surface area contributed by atoms with Crippen LogP contribution in [0.4, 0.5) is 14.5 Å². The highest BCUT2D eigenvalue weighted by Gasteiger charge is 2.18. The Morgan fingerprint density at radius 2 is 2.11 bits per heavy atom. The van der Waals surface area contributed by atoms with Gasteiger partial charge in [-0.15, -0.1) is 0 Å². The van der Waals surface area contributed by atoms with Crippen molar-refractivity contribution in [2.24, 2.45) is 5.73 Å². The molecule has 1 heterocycles. The van der Waals surface area contributed by atoms with Crippen molar-refractivity contribution >= 4 is 22.9 Å². The van der Waals surface area contributed by atoms with Crippen LogP contribution in [-0.2, 0) is 4.74 Å². The van der Waals surface area contributed by atoms with E-state index in [1.807, 2.05) is 0 Å². The zero-order chi connectivity index (χ0) is 13.1. The third-order valence-electron chi connectivity index (χ3n) is 2.86. The second kappa shape index (κ2) is 5.58. The molecule has 1 saturated heterocycles. The number of nitrogens with two attached hydrogens (primary N) is 1. The number of hydrogen-bond acceptors (Lipinski definition) is 3. The maximum atomic E-state index is 13.7. The Labute approximate surface area is 109 Å². The van der Waals surface area contributed by atoms with Crippen LogP contribution in [-0.4, -0.2) is 24.2 Å². The molecule has 0 saturated carbocycles. The molecule has 98 valence electrons. The number of nitrogens with one attached hydrogen (secondary N) is 1. The SMILES string of the molecule is NC(=S)c1cc(F)c(NCC2CCCO2)c(F)c1. The van der Waals surface area contributed by atoms with Crippen LogP contribution in [0.25, 0.3) is 0 Å². The van der Waals surface area contributed by atoms with Gasteiger partial charge in [-0.2, -0.15) is 0 Å². The van der Waals surface area contributed by atoms with Crippen LogP contribution in [0.15, 0.2) is 12.1 Å². The summed E-state index contributed by atoms with van der Waals surface area (Å²) in [4.78, 5) is -0.0292. The Morgan fingerprint density at radius 1 is 1.44 bits per heavy atom. The van der Waals surface area contributed by atoms with Gasteiger partial charge in [0.1, 0.15) is 22.3 Å². The van der Waals surface area contributed by atoms with E-state index in [9.17, 15) is 8.78 Å². The lowest BCUT2D eigenvalue weighted by Gasteiger charge is -2.13. The molecule has 6 heteroatoms. The molecular formula is C12H14F2N2OS. The minimum absolute atomic E-state index is 0.0130. The lowest BCUT2D eigenvalue weighted by molar-refractivity contribution is 0.120. The highest BCUT2D eigenvalue weighted by atomic mass is 32.1. The normalized spacial score (nSPS) is 18.9. The first-order valence-electron chi connectivity index (χ1n) is 5.72. The summed E-state index contributed by atoms with van der Waals surface area (Å²) < 4.78 is 32.7. The Hall–Kier alpha value is -1.27. The van der Waals surface area contributed by atoms with Crippen LogP contribution in [0.2, 0.25) is 0 Å². The third-order valence-corrected chi connectivity index (χ3v) is 3.09. The first-order valence-corrected chi connectivity index (χ1v) is 6.13. The molecule has 1 fully saturated rings. The summed E-state index contributed by atoms with van der Waals surface area (Å²) in [6.45, 7) is 1.10. The van der Waals surface area contributed by atoms with Crippen LogP contribution >= 0.6 is 12.2 Å². The highest BCUT2D eigenvalue weighted by Crippen LogP contribution is 2.22. The fourth-order valence-corrected chi connectivity index (χ4v) is 2.02. The largest absolute Gasteiger partial charge is 0.389 e. The highest BCUT2D eigenvalue weighted by molar-refractivity contribution is 7.80. The van der Waals surface area contributed by atoms with E-state index < -0.39 is 11.6 Å². The van der Waals surface area contributed by atoms with Gasteiger partial charge in [0, 0.05) is 18.7 Å².